The van der Waals surface area contributed by atoms with Crippen molar-refractivity contribution < 1.29 is 14.3 Å². The monoisotopic (exact) mass is 301 g/mol. The van der Waals surface area contributed by atoms with Crippen molar-refractivity contribution in [3.63, 3.8) is 0 Å². The topological polar surface area (TPSA) is 49.3 Å². The number of carbonyl (C=O) groups excluding carboxylic acids is 1. The predicted molar refractivity (Wildman–Crippen MR) is 83.8 cm³/mol. The van der Waals surface area contributed by atoms with E-state index in [4.69, 9.17) is 0 Å². The standard InChI is InChI=1S/C18H20FNO2/c1-12-3-5-14(6-4-12)11-17(21)20-13(2)18(22)15-7-9-16(19)10-8-15/h3-10,13,18,22H,11H2,1-2H3,(H,20,21). The summed E-state index contributed by atoms with van der Waals surface area (Å²) in [5.41, 5.74) is 2.64. The lowest BCUT2D eigenvalue weighted by atomic mass is 10.0. The summed E-state index contributed by atoms with van der Waals surface area (Å²) in [6.07, 6.45) is -0.608. The van der Waals surface area contributed by atoms with Crippen molar-refractivity contribution in [3.8, 4) is 0 Å². The van der Waals surface area contributed by atoms with E-state index in [9.17, 15) is 14.3 Å². The van der Waals surface area contributed by atoms with E-state index in [1.165, 1.54) is 24.3 Å². The van der Waals surface area contributed by atoms with Crippen LogP contribution in [0.2, 0.25) is 0 Å². The van der Waals surface area contributed by atoms with Crippen LogP contribution in [0.15, 0.2) is 48.5 Å². The van der Waals surface area contributed by atoms with Crippen LogP contribution in [0.25, 0.3) is 0 Å². The summed E-state index contributed by atoms with van der Waals surface area (Å²) in [4.78, 5) is 12.0. The lowest BCUT2D eigenvalue weighted by Gasteiger charge is -2.20. The van der Waals surface area contributed by atoms with Gasteiger partial charge in [-0.3, -0.25) is 4.79 Å². The molecule has 2 unspecified atom stereocenters. The maximum atomic E-state index is 12.9. The van der Waals surface area contributed by atoms with E-state index in [1.54, 1.807) is 6.92 Å². The highest BCUT2D eigenvalue weighted by molar-refractivity contribution is 5.78. The second-order valence-electron chi connectivity index (χ2n) is 5.51. The first-order valence-corrected chi connectivity index (χ1v) is 7.24. The number of rotatable bonds is 5. The molecule has 4 heteroatoms. The number of hydrogen-bond acceptors (Lipinski definition) is 2. The Kier molecular flexibility index (Phi) is 5.28. The van der Waals surface area contributed by atoms with Crippen LogP contribution in [-0.4, -0.2) is 17.1 Å². The van der Waals surface area contributed by atoms with E-state index in [-0.39, 0.29) is 18.1 Å². The molecule has 0 bridgehead atoms. The number of nitrogens with one attached hydrogen (secondary N) is 1. The van der Waals surface area contributed by atoms with Crippen LogP contribution >= 0.6 is 0 Å². The summed E-state index contributed by atoms with van der Waals surface area (Å²) < 4.78 is 12.9. The molecule has 0 aliphatic carbocycles. The largest absolute Gasteiger partial charge is 0.386 e. The van der Waals surface area contributed by atoms with Crippen LogP contribution in [0, 0.1) is 12.7 Å². The van der Waals surface area contributed by atoms with Gasteiger partial charge in [-0.2, -0.15) is 0 Å². The highest BCUT2D eigenvalue weighted by Crippen LogP contribution is 2.17. The Bertz CT molecular complexity index is 623. The Labute approximate surface area is 129 Å². The molecule has 3 nitrogen and oxygen atoms in total. The molecule has 0 saturated heterocycles. The molecule has 2 rings (SSSR count). The summed E-state index contributed by atoms with van der Waals surface area (Å²) in [5, 5.41) is 13.0. The van der Waals surface area contributed by atoms with Crippen LogP contribution in [0.5, 0.6) is 0 Å². The fourth-order valence-electron chi connectivity index (χ4n) is 2.22. The van der Waals surface area contributed by atoms with Crippen molar-refractivity contribution in [2.75, 3.05) is 0 Å². The number of carbonyl (C=O) groups is 1. The lowest BCUT2D eigenvalue weighted by Crippen LogP contribution is -2.37. The second-order valence-corrected chi connectivity index (χ2v) is 5.51. The minimum Gasteiger partial charge on any atom is -0.386 e. The van der Waals surface area contributed by atoms with Gasteiger partial charge in [-0.15, -0.1) is 0 Å². The average Bonchev–Trinajstić information content (AvgIpc) is 2.49. The smallest absolute Gasteiger partial charge is 0.224 e. The Morgan fingerprint density at radius 1 is 1.14 bits per heavy atom. The molecule has 116 valence electrons. The molecule has 0 spiro atoms. The Balaban J connectivity index is 1.92. The van der Waals surface area contributed by atoms with Gasteiger partial charge in [0.25, 0.3) is 0 Å². The SMILES string of the molecule is Cc1ccc(CC(=O)NC(C)C(O)c2ccc(F)cc2)cc1. The van der Waals surface area contributed by atoms with Gasteiger partial charge in [-0.05, 0) is 37.1 Å². The number of aryl methyl sites for hydroxylation is 1. The van der Waals surface area contributed by atoms with E-state index in [1.807, 2.05) is 31.2 Å². The van der Waals surface area contributed by atoms with Crippen molar-refractivity contribution in [2.45, 2.75) is 32.4 Å². The van der Waals surface area contributed by atoms with Gasteiger partial charge >= 0.3 is 0 Å². The van der Waals surface area contributed by atoms with Crippen molar-refractivity contribution in [3.05, 3.63) is 71.0 Å². The minimum atomic E-state index is -0.873. The summed E-state index contributed by atoms with van der Waals surface area (Å²) in [6, 6.07) is 12.9. The van der Waals surface area contributed by atoms with E-state index in [0.29, 0.717) is 5.56 Å². The lowest BCUT2D eigenvalue weighted by molar-refractivity contribution is -0.121. The molecule has 0 aromatic heterocycles. The van der Waals surface area contributed by atoms with Crippen LogP contribution in [0.1, 0.15) is 29.7 Å². The second kappa shape index (κ2) is 7.18. The van der Waals surface area contributed by atoms with Gasteiger partial charge in [0.15, 0.2) is 0 Å². The third-order valence-electron chi connectivity index (χ3n) is 3.56. The molecule has 0 radical (unpaired) electrons. The number of hydrogen-bond donors (Lipinski definition) is 2. The average molecular weight is 301 g/mol. The van der Waals surface area contributed by atoms with Crippen LogP contribution in [-0.2, 0) is 11.2 Å². The summed E-state index contributed by atoms with van der Waals surface area (Å²) >= 11 is 0. The zero-order chi connectivity index (χ0) is 16.1. The molecule has 0 saturated carbocycles. The third kappa shape index (κ3) is 4.40. The molecule has 0 heterocycles. The van der Waals surface area contributed by atoms with Crippen LogP contribution in [0.4, 0.5) is 4.39 Å². The summed E-state index contributed by atoms with van der Waals surface area (Å²) in [6.45, 7) is 3.71. The van der Waals surface area contributed by atoms with Crippen molar-refractivity contribution in [1.29, 1.82) is 0 Å². The Morgan fingerprint density at radius 2 is 1.73 bits per heavy atom. The van der Waals surface area contributed by atoms with Gasteiger partial charge in [-0.25, -0.2) is 4.39 Å². The Hall–Kier alpha value is -2.20. The van der Waals surface area contributed by atoms with Crippen molar-refractivity contribution in [2.24, 2.45) is 0 Å². The van der Waals surface area contributed by atoms with Gasteiger partial charge in [0.2, 0.25) is 5.91 Å². The summed E-state index contributed by atoms with van der Waals surface area (Å²) in [5.74, 6) is -0.510. The Morgan fingerprint density at radius 3 is 2.32 bits per heavy atom. The number of aliphatic hydroxyl groups is 1. The molecule has 1 amide bonds. The molecule has 0 fully saturated rings. The quantitative estimate of drug-likeness (QED) is 0.892. The normalized spacial score (nSPS) is 13.5. The molecule has 2 atom stereocenters. The molecule has 2 aromatic carbocycles. The zero-order valence-corrected chi connectivity index (χ0v) is 12.7. The van der Waals surface area contributed by atoms with Crippen molar-refractivity contribution >= 4 is 5.91 Å². The number of amides is 1. The predicted octanol–water partition coefficient (Wildman–Crippen LogP) is 2.91. The van der Waals surface area contributed by atoms with Gasteiger partial charge in [-0.1, -0.05) is 42.0 Å². The molecule has 22 heavy (non-hydrogen) atoms. The third-order valence-corrected chi connectivity index (χ3v) is 3.56. The fourth-order valence-corrected chi connectivity index (χ4v) is 2.22. The maximum Gasteiger partial charge on any atom is 0.224 e. The minimum absolute atomic E-state index is 0.155. The molecule has 0 aliphatic rings. The van der Waals surface area contributed by atoms with E-state index >= 15 is 0 Å². The highest BCUT2D eigenvalue weighted by atomic mass is 19.1. The summed E-state index contributed by atoms with van der Waals surface area (Å²) in [7, 11) is 0. The van der Waals surface area contributed by atoms with Crippen molar-refractivity contribution in [1.82, 2.24) is 5.32 Å². The zero-order valence-electron chi connectivity index (χ0n) is 12.7. The van der Waals surface area contributed by atoms with Gasteiger partial charge < -0.3 is 10.4 Å². The first kappa shape index (κ1) is 16.2. The first-order chi connectivity index (χ1) is 10.5. The molecule has 2 aromatic rings. The van der Waals surface area contributed by atoms with Gasteiger partial charge in [0.1, 0.15) is 5.82 Å². The molecular weight excluding hydrogens is 281 g/mol. The fraction of sp³-hybridized carbons (Fsp3) is 0.278. The van der Waals surface area contributed by atoms with E-state index < -0.39 is 12.1 Å². The number of benzene rings is 2. The van der Waals surface area contributed by atoms with Crippen LogP contribution in [0.3, 0.4) is 0 Å². The van der Waals surface area contributed by atoms with Gasteiger partial charge in [0.05, 0.1) is 18.6 Å². The van der Waals surface area contributed by atoms with Crippen LogP contribution < -0.4 is 5.32 Å². The highest BCUT2D eigenvalue weighted by Gasteiger charge is 2.18. The van der Waals surface area contributed by atoms with Gasteiger partial charge in [0, 0.05) is 0 Å². The molecule has 2 N–H and O–H groups in total. The number of aliphatic hydroxyl groups excluding tert-OH is 1. The number of halogens is 1. The van der Waals surface area contributed by atoms with E-state index in [0.717, 1.165) is 11.1 Å². The molecular formula is C18H20FNO2. The molecule has 0 aliphatic heterocycles. The first-order valence-electron chi connectivity index (χ1n) is 7.24. The van der Waals surface area contributed by atoms with E-state index in [2.05, 4.69) is 5.32 Å². The maximum absolute atomic E-state index is 12.9.